The van der Waals surface area contributed by atoms with Crippen LogP contribution in [0.1, 0.15) is 46.0 Å². The highest BCUT2D eigenvalue weighted by atomic mass is 32.2. The van der Waals surface area contributed by atoms with Gasteiger partial charge in [0.1, 0.15) is 0 Å². The summed E-state index contributed by atoms with van der Waals surface area (Å²) in [5, 5.41) is 0. The lowest BCUT2D eigenvalue weighted by atomic mass is 10.00. The summed E-state index contributed by atoms with van der Waals surface area (Å²) in [6.45, 7) is 4.55. The van der Waals surface area contributed by atoms with E-state index in [1.807, 2.05) is 11.8 Å². The first-order chi connectivity index (χ1) is 6.68. The minimum atomic E-state index is 0.446. The van der Waals surface area contributed by atoms with E-state index < -0.39 is 0 Å². The second-order valence-electron chi connectivity index (χ2n) is 5.08. The van der Waals surface area contributed by atoms with E-state index in [1.165, 1.54) is 37.9 Å². The van der Waals surface area contributed by atoms with Gasteiger partial charge in [0, 0.05) is 11.8 Å². The Bertz CT molecular complexity index is 141. The summed E-state index contributed by atoms with van der Waals surface area (Å²) in [6.07, 6.45) is 7.02. The number of hydrogen-bond acceptors (Lipinski definition) is 2. The highest BCUT2D eigenvalue weighted by Crippen LogP contribution is 2.28. The van der Waals surface area contributed by atoms with Gasteiger partial charge < -0.3 is 5.73 Å². The predicted octanol–water partition coefficient (Wildman–Crippen LogP) is 3.28. The SMILES string of the molecule is CC(C)CSCC(N)CC1CCCC1. The molecule has 2 heteroatoms. The van der Waals surface area contributed by atoms with Crippen molar-refractivity contribution in [3.05, 3.63) is 0 Å². The normalized spacial score (nSPS) is 20.6. The molecule has 1 aliphatic carbocycles. The molecule has 0 heterocycles. The van der Waals surface area contributed by atoms with Crippen LogP contribution in [0.3, 0.4) is 0 Å². The molecular weight excluding hydrogens is 190 g/mol. The lowest BCUT2D eigenvalue weighted by Crippen LogP contribution is -2.25. The van der Waals surface area contributed by atoms with E-state index in [-0.39, 0.29) is 0 Å². The fourth-order valence-electron chi connectivity index (χ4n) is 2.20. The second-order valence-corrected chi connectivity index (χ2v) is 6.15. The van der Waals surface area contributed by atoms with Crippen molar-refractivity contribution in [2.24, 2.45) is 17.6 Å². The first-order valence-electron chi connectivity index (χ1n) is 6.01. The molecule has 0 saturated heterocycles. The average molecular weight is 215 g/mol. The minimum absolute atomic E-state index is 0.446. The Labute approximate surface area is 93.2 Å². The molecule has 0 spiro atoms. The minimum Gasteiger partial charge on any atom is -0.327 e. The van der Waals surface area contributed by atoms with Gasteiger partial charge in [0.05, 0.1) is 0 Å². The van der Waals surface area contributed by atoms with E-state index in [2.05, 4.69) is 13.8 Å². The zero-order chi connectivity index (χ0) is 10.4. The van der Waals surface area contributed by atoms with Crippen molar-refractivity contribution in [3.63, 3.8) is 0 Å². The van der Waals surface area contributed by atoms with Gasteiger partial charge in [-0.3, -0.25) is 0 Å². The standard InChI is InChI=1S/C12H25NS/c1-10(2)8-14-9-12(13)7-11-5-3-4-6-11/h10-12H,3-9,13H2,1-2H3. The summed E-state index contributed by atoms with van der Waals surface area (Å²) in [4.78, 5) is 0. The third-order valence-corrected chi connectivity index (χ3v) is 4.46. The highest BCUT2D eigenvalue weighted by molar-refractivity contribution is 7.99. The Morgan fingerprint density at radius 2 is 1.86 bits per heavy atom. The molecule has 1 aliphatic rings. The number of thioether (sulfide) groups is 1. The topological polar surface area (TPSA) is 26.0 Å². The fourth-order valence-corrected chi connectivity index (χ4v) is 3.24. The smallest absolute Gasteiger partial charge is 0.0133 e. The van der Waals surface area contributed by atoms with Gasteiger partial charge >= 0.3 is 0 Å². The molecule has 84 valence electrons. The van der Waals surface area contributed by atoms with Gasteiger partial charge in [0.25, 0.3) is 0 Å². The maximum absolute atomic E-state index is 6.12. The molecule has 1 rings (SSSR count). The Morgan fingerprint density at radius 1 is 1.21 bits per heavy atom. The highest BCUT2D eigenvalue weighted by Gasteiger charge is 2.17. The molecule has 1 nitrogen and oxygen atoms in total. The molecular formula is C12H25NS. The van der Waals surface area contributed by atoms with Crippen molar-refractivity contribution in [1.82, 2.24) is 0 Å². The van der Waals surface area contributed by atoms with Crippen LogP contribution in [-0.4, -0.2) is 17.5 Å². The molecule has 0 radical (unpaired) electrons. The van der Waals surface area contributed by atoms with E-state index >= 15 is 0 Å². The first-order valence-corrected chi connectivity index (χ1v) is 7.17. The number of rotatable bonds is 6. The van der Waals surface area contributed by atoms with Crippen LogP contribution in [0.25, 0.3) is 0 Å². The molecule has 0 amide bonds. The van der Waals surface area contributed by atoms with E-state index in [0.29, 0.717) is 6.04 Å². The van der Waals surface area contributed by atoms with Gasteiger partial charge in [0.15, 0.2) is 0 Å². The van der Waals surface area contributed by atoms with Gasteiger partial charge in [-0.1, -0.05) is 39.5 Å². The van der Waals surface area contributed by atoms with Crippen LogP contribution in [0, 0.1) is 11.8 Å². The van der Waals surface area contributed by atoms with Gasteiger partial charge in [-0.25, -0.2) is 0 Å². The van der Waals surface area contributed by atoms with E-state index in [0.717, 1.165) is 17.6 Å². The van der Waals surface area contributed by atoms with E-state index in [9.17, 15) is 0 Å². The first kappa shape index (κ1) is 12.4. The Hall–Kier alpha value is 0.310. The number of hydrogen-bond donors (Lipinski definition) is 1. The summed E-state index contributed by atoms with van der Waals surface area (Å²) in [7, 11) is 0. The van der Waals surface area contributed by atoms with Gasteiger partial charge in [-0.2, -0.15) is 11.8 Å². The molecule has 14 heavy (non-hydrogen) atoms. The lowest BCUT2D eigenvalue weighted by Gasteiger charge is -2.16. The monoisotopic (exact) mass is 215 g/mol. The quantitative estimate of drug-likeness (QED) is 0.736. The van der Waals surface area contributed by atoms with E-state index in [1.54, 1.807) is 0 Å². The largest absolute Gasteiger partial charge is 0.327 e. The maximum Gasteiger partial charge on any atom is 0.0133 e. The van der Waals surface area contributed by atoms with Crippen LogP contribution in [0.5, 0.6) is 0 Å². The second kappa shape index (κ2) is 6.73. The van der Waals surface area contributed by atoms with Crippen molar-refractivity contribution in [3.8, 4) is 0 Å². The summed E-state index contributed by atoms with van der Waals surface area (Å²) in [6, 6.07) is 0.446. The Morgan fingerprint density at radius 3 is 2.43 bits per heavy atom. The maximum atomic E-state index is 6.12. The third kappa shape index (κ3) is 5.26. The van der Waals surface area contributed by atoms with E-state index in [4.69, 9.17) is 5.73 Å². The molecule has 0 aromatic heterocycles. The molecule has 0 aliphatic heterocycles. The molecule has 0 aromatic rings. The molecule has 1 unspecified atom stereocenters. The van der Waals surface area contributed by atoms with Crippen molar-refractivity contribution in [2.75, 3.05) is 11.5 Å². The van der Waals surface area contributed by atoms with Crippen LogP contribution >= 0.6 is 11.8 Å². The summed E-state index contributed by atoms with van der Waals surface area (Å²) >= 11 is 2.03. The molecule has 0 bridgehead atoms. The lowest BCUT2D eigenvalue weighted by molar-refractivity contribution is 0.461. The van der Waals surface area contributed by atoms with Crippen LogP contribution in [-0.2, 0) is 0 Å². The summed E-state index contributed by atoms with van der Waals surface area (Å²) < 4.78 is 0. The zero-order valence-corrected chi connectivity index (χ0v) is 10.5. The molecule has 1 saturated carbocycles. The van der Waals surface area contributed by atoms with Crippen LogP contribution in [0.2, 0.25) is 0 Å². The molecule has 1 atom stereocenters. The average Bonchev–Trinajstić information content (AvgIpc) is 2.56. The van der Waals surface area contributed by atoms with Crippen molar-refractivity contribution < 1.29 is 0 Å². The fraction of sp³-hybridized carbons (Fsp3) is 1.00. The Balaban J connectivity index is 2.00. The van der Waals surface area contributed by atoms with Crippen molar-refractivity contribution in [2.45, 2.75) is 52.0 Å². The number of nitrogens with two attached hydrogens (primary N) is 1. The third-order valence-electron chi connectivity index (χ3n) is 2.89. The van der Waals surface area contributed by atoms with Crippen LogP contribution < -0.4 is 5.73 Å². The predicted molar refractivity (Wildman–Crippen MR) is 66.7 cm³/mol. The van der Waals surface area contributed by atoms with Gasteiger partial charge in [0.2, 0.25) is 0 Å². The summed E-state index contributed by atoms with van der Waals surface area (Å²) in [5.74, 6) is 4.18. The van der Waals surface area contributed by atoms with Crippen molar-refractivity contribution in [1.29, 1.82) is 0 Å². The van der Waals surface area contributed by atoms with Crippen LogP contribution in [0.4, 0.5) is 0 Å². The molecule has 2 N–H and O–H groups in total. The van der Waals surface area contributed by atoms with Crippen LogP contribution in [0.15, 0.2) is 0 Å². The van der Waals surface area contributed by atoms with Gasteiger partial charge in [-0.15, -0.1) is 0 Å². The Kier molecular flexibility index (Phi) is 5.95. The zero-order valence-electron chi connectivity index (χ0n) is 9.67. The van der Waals surface area contributed by atoms with Crippen molar-refractivity contribution >= 4 is 11.8 Å². The summed E-state index contributed by atoms with van der Waals surface area (Å²) in [5.41, 5.74) is 6.12. The van der Waals surface area contributed by atoms with Gasteiger partial charge in [-0.05, 0) is 24.0 Å². The molecule has 1 fully saturated rings. The molecule has 0 aromatic carbocycles.